The highest BCUT2D eigenvalue weighted by atomic mass is 16.6. The van der Waals surface area contributed by atoms with Crippen molar-refractivity contribution in [3.8, 4) is 0 Å². The maximum absolute atomic E-state index is 5.32. The highest BCUT2D eigenvalue weighted by Gasteiger charge is 2.37. The van der Waals surface area contributed by atoms with Crippen LogP contribution in [0.1, 0.15) is 32.1 Å². The summed E-state index contributed by atoms with van der Waals surface area (Å²) < 4.78 is 5.32. The zero-order valence-corrected chi connectivity index (χ0v) is 8.24. The maximum atomic E-state index is 5.32. The molecule has 2 unspecified atom stereocenters. The van der Waals surface area contributed by atoms with Crippen LogP contribution in [0, 0.1) is 5.92 Å². The lowest BCUT2D eigenvalue weighted by atomic mass is 9.92. The third kappa shape index (κ3) is 1.62. The van der Waals surface area contributed by atoms with Crippen molar-refractivity contribution < 1.29 is 4.74 Å². The molecule has 3 aliphatic rings. The first kappa shape index (κ1) is 8.25. The molecule has 2 nitrogen and oxygen atoms in total. The predicted octanol–water partition coefficient (Wildman–Crippen LogP) is 1.65. The van der Waals surface area contributed by atoms with Gasteiger partial charge in [-0.25, -0.2) is 0 Å². The van der Waals surface area contributed by atoms with Crippen molar-refractivity contribution in [1.29, 1.82) is 0 Å². The number of rotatable bonds is 2. The van der Waals surface area contributed by atoms with Crippen LogP contribution >= 0.6 is 0 Å². The van der Waals surface area contributed by atoms with Crippen molar-refractivity contribution in [3.05, 3.63) is 0 Å². The van der Waals surface area contributed by atoms with E-state index < -0.39 is 0 Å². The van der Waals surface area contributed by atoms with Crippen molar-refractivity contribution in [1.82, 2.24) is 4.90 Å². The maximum Gasteiger partial charge on any atom is 0.0936 e. The first-order valence-electron chi connectivity index (χ1n) is 5.79. The van der Waals surface area contributed by atoms with Crippen molar-refractivity contribution in [2.75, 3.05) is 19.7 Å². The summed E-state index contributed by atoms with van der Waals surface area (Å²) in [4.78, 5) is 2.71. The minimum atomic E-state index is 0.597. The van der Waals surface area contributed by atoms with Gasteiger partial charge in [-0.3, -0.25) is 4.90 Å². The Morgan fingerprint density at radius 1 is 1.15 bits per heavy atom. The van der Waals surface area contributed by atoms with Gasteiger partial charge in [0.15, 0.2) is 0 Å². The lowest BCUT2D eigenvalue weighted by Crippen LogP contribution is -2.44. The highest BCUT2D eigenvalue weighted by Crippen LogP contribution is 2.37. The van der Waals surface area contributed by atoms with Crippen LogP contribution in [-0.2, 0) is 4.74 Å². The molecule has 3 atom stereocenters. The second-order valence-corrected chi connectivity index (χ2v) is 4.85. The van der Waals surface area contributed by atoms with Gasteiger partial charge in [-0.2, -0.15) is 0 Å². The molecule has 0 bridgehead atoms. The number of ether oxygens (including phenoxy) is 1. The van der Waals surface area contributed by atoms with Crippen molar-refractivity contribution in [2.45, 2.75) is 44.2 Å². The quantitative estimate of drug-likeness (QED) is 0.602. The Kier molecular flexibility index (Phi) is 2.06. The van der Waals surface area contributed by atoms with Crippen LogP contribution in [0.3, 0.4) is 0 Å². The molecule has 3 fully saturated rings. The van der Waals surface area contributed by atoms with Gasteiger partial charge in [0.05, 0.1) is 12.7 Å². The molecule has 1 aliphatic carbocycles. The summed E-state index contributed by atoms with van der Waals surface area (Å²) in [6, 6.07) is 0.929. The van der Waals surface area contributed by atoms with E-state index in [0.717, 1.165) is 18.6 Å². The number of epoxide rings is 1. The molecule has 0 radical (unpaired) electrons. The second kappa shape index (κ2) is 3.25. The van der Waals surface area contributed by atoms with E-state index in [9.17, 15) is 0 Å². The Hall–Kier alpha value is -0.0800. The molecule has 0 aromatic heterocycles. The molecular formula is C11H19NO. The summed E-state index contributed by atoms with van der Waals surface area (Å²) in [7, 11) is 0. The Morgan fingerprint density at radius 2 is 2.00 bits per heavy atom. The molecule has 13 heavy (non-hydrogen) atoms. The van der Waals surface area contributed by atoms with Gasteiger partial charge in [-0.15, -0.1) is 0 Å². The summed E-state index contributed by atoms with van der Waals surface area (Å²) in [6.45, 7) is 3.58. The van der Waals surface area contributed by atoms with Crippen LogP contribution in [-0.4, -0.2) is 36.7 Å². The molecule has 0 N–H and O–H groups in total. The van der Waals surface area contributed by atoms with Crippen molar-refractivity contribution in [3.63, 3.8) is 0 Å². The van der Waals surface area contributed by atoms with E-state index in [1.54, 1.807) is 0 Å². The normalized spacial score (nSPS) is 44.8. The van der Waals surface area contributed by atoms with Gasteiger partial charge in [0.1, 0.15) is 0 Å². The molecule has 0 aromatic carbocycles. The molecule has 0 aromatic rings. The third-order valence-corrected chi connectivity index (χ3v) is 3.95. The summed E-state index contributed by atoms with van der Waals surface area (Å²) in [5.74, 6) is 1.03. The van der Waals surface area contributed by atoms with Crippen LogP contribution < -0.4 is 0 Å². The summed E-state index contributed by atoms with van der Waals surface area (Å²) in [5.41, 5.74) is 0. The average molecular weight is 181 g/mol. The smallest absolute Gasteiger partial charge is 0.0936 e. The fourth-order valence-electron chi connectivity index (χ4n) is 3.22. The zero-order chi connectivity index (χ0) is 8.67. The fraction of sp³-hybridized carbons (Fsp3) is 1.00. The first-order chi connectivity index (χ1) is 6.43. The molecule has 0 spiro atoms. The summed E-state index contributed by atoms with van der Waals surface area (Å²) in [6.07, 6.45) is 7.93. The minimum absolute atomic E-state index is 0.597. The van der Waals surface area contributed by atoms with Crippen LogP contribution in [0.25, 0.3) is 0 Å². The lowest BCUT2D eigenvalue weighted by molar-refractivity contribution is 0.104. The van der Waals surface area contributed by atoms with Crippen LogP contribution in [0.15, 0.2) is 0 Å². The summed E-state index contributed by atoms with van der Waals surface area (Å²) in [5, 5.41) is 0. The number of piperidine rings is 1. The van der Waals surface area contributed by atoms with Gasteiger partial charge in [0.2, 0.25) is 0 Å². The molecule has 2 saturated heterocycles. The van der Waals surface area contributed by atoms with E-state index in [-0.39, 0.29) is 0 Å². The number of hydrogen-bond donors (Lipinski definition) is 0. The topological polar surface area (TPSA) is 15.8 Å². The molecule has 2 heteroatoms. The van der Waals surface area contributed by atoms with E-state index in [2.05, 4.69) is 4.90 Å². The second-order valence-electron chi connectivity index (χ2n) is 4.85. The van der Waals surface area contributed by atoms with Gasteiger partial charge in [-0.1, -0.05) is 6.42 Å². The number of fused-ring (bicyclic) bond motifs is 1. The number of likely N-dealkylation sites (tertiary alicyclic amines) is 1. The summed E-state index contributed by atoms with van der Waals surface area (Å²) >= 11 is 0. The fourth-order valence-corrected chi connectivity index (χ4v) is 3.22. The predicted molar refractivity (Wildman–Crippen MR) is 51.7 cm³/mol. The Bertz CT molecular complexity index is 191. The average Bonchev–Trinajstić information content (AvgIpc) is 2.83. The van der Waals surface area contributed by atoms with E-state index in [4.69, 9.17) is 4.74 Å². The zero-order valence-electron chi connectivity index (χ0n) is 8.24. The number of hydrogen-bond acceptors (Lipinski definition) is 2. The van der Waals surface area contributed by atoms with Crippen LogP contribution in [0.4, 0.5) is 0 Å². The third-order valence-electron chi connectivity index (χ3n) is 3.95. The van der Waals surface area contributed by atoms with Crippen molar-refractivity contribution in [2.24, 2.45) is 5.92 Å². The van der Waals surface area contributed by atoms with Crippen LogP contribution in [0.2, 0.25) is 0 Å². The Labute approximate surface area is 80.2 Å². The van der Waals surface area contributed by atoms with Gasteiger partial charge in [0, 0.05) is 12.6 Å². The first-order valence-corrected chi connectivity index (χ1v) is 5.79. The SMILES string of the molecule is C1CC2CCCN(C[C@@H]3CO3)C2C1. The standard InChI is InChI=1S/C11H19NO/c1-3-9-4-2-6-12(11(9)5-1)7-10-8-13-10/h9-11H,1-8H2/t9?,10-,11?/m1/s1. The highest BCUT2D eigenvalue weighted by molar-refractivity contribution is 4.91. The van der Waals surface area contributed by atoms with Crippen molar-refractivity contribution >= 4 is 0 Å². The molecule has 74 valence electrons. The van der Waals surface area contributed by atoms with Gasteiger partial charge in [0.25, 0.3) is 0 Å². The van der Waals surface area contributed by atoms with Gasteiger partial charge < -0.3 is 4.74 Å². The van der Waals surface area contributed by atoms with E-state index in [0.29, 0.717) is 6.10 Å². The van der Waals surface area contributed by atoms with Crippen LogP contribution in [0.5, 0.6) is 0 Å². The Morgan fingerprint density at radius 3 is 2.85 bits per heavy atom. The van der Waals surface area contributed by atoms with Gasteiger partial charge >= 0.3 is 0 Å². The number of nitrogens with zero attached hydrogens (tertiary/aromatic N) is 1. The molecule has 1 saturated carbocycles. The Balaban J connectivity index is 1.63. The molecule has 0 amide bonds. The minimum Gasteiger partial charge on any atom is -0.372 e. The van der Waals surface area contributed by atoms with Gasteiger partial charge in [-0.05, 0) is 38.1 Å². The van der Waals surface area contributed by atoms with E-state index in [1.807, 2.05) is 0 Å². The molecule has 3 rings (SSSR count). The van der Waals surface area contributed by atoms with E-state index in [1.165, 1.54) is 45.2 Å². The molecular weight excluding hydrogens is 162 g/mol. The molecule has 2 heterocycles. The lowest BCUT2D eigenvalue weighted by Gasteiger charge is -2.37. The monoisotopic (exact) mass is 181 g/mol. The largest absolute Gasteiger partial charge is 0.372 e. The van der Waals surface area contributed by atoms with E-state index >= 15 is 0 Å². The molecule has 2 aliphatic heterocycles.